The zero-order chi connectivity index (χ0) is 23.8. The van der Waals surface area contributed by atoms with Gasteiger partial charge in [0, 0.05) is 13.0 Å². The first-order valence-electron chi connectivity index (χ1n) is 10.4. The van der Waals surface area contributed by atoms with Crippen LogP contribution in [0.15, 0.2) is 30.3 Å². The Kier molecular flexibility index (Phi) is 9.12. The lowest BCUT2D eigenvalue weighted by molar-refractivity contribution is -0.145. The average Bonchev–Trinajstić information content (AvgIpc) is 3.26. The molecule has 1 fully saturated rings. The van der Waals surface area contributed by atoms with Gasteiger partial charge in [-0.05, 0) is 25.3 Å². The van der Waals surface area contributed by atoms with Gasteiger partial charge in [-0.2, -0.15) is 0 Å². The Morgan fingerprint density at radius 3 is 2.38 bits per heavy atom. The molecule has 1 heterocycles. The Balaban J connectivity index is 2.21. The lowest BCUT2D eigenvalue weighted by atomic mass is 10.0. The highest BCUT2D eigenvalue weighted by Gasteiger charge is 2.39. The Bertz CT molecular complexity index is 818. The van der Waals surface area contributed by atoms with Crippen molar-refractivity contribution in [3.05, 3.63) is 35.9 Å². The first-order valence-corrected chi connectivity index (χ1v) is 10.4. The van der Waals surface area contributed by atoms with Crippen molar-refractivity contribution in [3.63, 3.8) is 0 Å². The van der Waals surface area contributed by atoms with Gasteiger partial charge in [-0.3, -0.25) is 14.4 Å². The molecule has 32 heavy (non-hydrogen) atoms. The molecule has 5 atom stereocenters. The van der Waals surface area contributed by atoms with E-state index >= 15 is 0 Å². The van der Waals surface area contributed by atoms with E-state index in [9.17, 15) is 24.3 Å². The number of nitrogens with one attached hydrogen (secondary N) is 2. The van der Waals surface area contributed by atoms with Crippen LogP contribution < -0.4 is 16.4 Å². The highest BCUT2D eigenvalue weighted by atomic mass is 16.4. The second kappa shape index (κ2) is 11.6. The summed E-state index contributed by atoms with van der Waals surface area (Å²) in [7, 11) is 0. The Morgan fingerprint density at radius 2 is 1.81 bits per heavy atom. The maximum absolute atomic E-state index is 13.3. The molecular formula is C21H30N4O7. The number of carbonyl (C=O) groups excluding carboxylic acids is 3. The van der Waals surface area contributed by atoms with Crippen molar-refractivity contribution in [3.8, 4) is 0 Å². The van der Waals surface area contributed by atoms with Gasteiger partial charge in [0.1, 0.15) is 24.2 Å². The van der Waals surface area contributed by atoms with Crippen molar-refractivity contribution < 1.29 is 34.5 Å². The number of rotatable bonds is 10. The molecule has 0 aliphatic carbocycles. The summed E-state index contributed by atoms with van der Waals surface area (Å²) in [5, 5.41) is 32.6. The number of aliphatic carboxylic acids is 1. The number of nitrogens with zero attached hydrogens (tertiary/aromatic N) is 1. The molecule has 1 aliphatic heterocycles. The third-order valence-corrected chi connectivity index (χ3v) is 5.36. The second-order valence-electron chi connectivity index (χ2n) is 7.79. The van der Waals surface area contributed by atoms with E-state index in [1.807, 2.05) is 6.07 Å². The number of benzene rings is 1. The lowest BCUT2D eigenvalue weighted by Gasteiger charge is -2.30. The number of nitrogens with two attached hydrogens (primary N) is 1. The molecule has 2 rings (SSSR count). The van der Waals surface area contributed by atoms with Crippen molar-refractivity contribution in [2.24, 2.45) is 5.73 Å². The van der Waals surface area contributed by atoms with Crippen LogP contribution in [0.5, 0.6) is 0 Å². The molecule has 0 aromatic heterocycles. The number of carboxylic acids is 1. The summed E-state index contributed by atoms with van der Waals surface area (Å²) in [6, 6.07) is 4.25. The van der Waals surface area contributed by atoms with Crippen LogP contribution in [0.1, 0.15) is 25.3 Å². The largest absolute Gasteiger partial charge is 0.480 e. The molecular weight excluding hydrogens is 420 g/mol. The van der Waals surface area contributed by atoms with Crippen LogP contribution in [0.3, 0.4) is 0 Å². The molecule has 0 spiro atoms. The summed E-state index contributed by atoms with van der Waals surface area (Å²) in [5.74, 6) is -3.31. The molecule has 0 bridgehead atoms. The first kappa shape index (κ1) is 25.2. The average molecular weight is 450 g/mol. The fourth-order valence-corrected chi connectivity index (χ4v) is 3.49. The van der Waals surface area contributed by atoms with Gasteiger partial charge >= 0.3 is 5.97 Å². The molecule has 11 nitrogen and oxygen atoms in total. The normalized spacial score (nSPS) is 19.5. The number of aliphatic hydroxyl groups is 2. The minimum Gasteiger partial charge on any atom is -0.480 e. The number of aliphatic hydroxyl groups excluding tert-OH is 2. The highest BCUT2D eigenvalue weighted by Crippen LogP contribution is 2.20. The summed E-state index contributed by atoms with van der Waals surface area (Å²) in [5.41, 5.74) is 6.47. The maximum Gasteiger partial charge on any atom is 0.328 e. The Morgan fingerprint density at radius 1 is 1.16 bits per heavy atom. The molecule has 5 unspecified atom stereocenters. The number of hydrogen-bond donors (Lipinski definition) is 6. The van der Waals surface area contributed by atoms with E-state index in [0.717, 1.165) is 5.56 Å². The van der Waals surface area contributed by atoms with Gasteiger partial charge in [-0.25, -0.2) is 4.79 Å². The quantitative estimate of drug-likeness (QED) is 0.236. The standard InChI is InChI=1S/C21H30N4O7/c1-12(27)17(22)19(29)23-14(10-13-6-3-2-4-7-13)20(30)25-9-5-8-16(25)18(28)24-15(11-26)21(31)32/h2-4,6-7,12,14-17,26-27H,5,8-11,22H2,1H3,(H,23,29)(H,24,28)(H,31,32). The summed E-state index contributed by atoms with van der Waals surface area (Å²) >= 11 is 0. The molecule has 1 aromatic rings. The molecule has 1 saturated heterocycles. The van der Waals surface area contributed by atoms with Crippen LogP contribution >= 0.6 is 0 Å². The van der Waals surface area contributed by atoms with Crippen LogP contribution in [0.2, 0.25) is 0 Å². The van der Waals surface area contributed by atoms with E-state index in [1.54, 1.807) is 24.3 Å². The second-order valence-corrected chi connectivity index (χ2v) is 7.79. The van der Waals surface area contributed by atoms with Gasteiger partial charge in [0.25, 0.3) is 0 Å². The molecule has 0 saturated carbocycles. The summed E-state index contributed by atoms with van der Waals surface area (Å²) in [6.45, 7) is 0.822. The maximum atomic E-state index is 13.3. The Hall–Kier alpha value is -3.02. The number of hydrogen-bond acceptors (Lipinski definition) is 7. The van der Waals surface area contributed by atoms with E-state index in [2.05, 4.69) is 10.6 Å². The zero-order valence-electron chi connectivity index (χ0n) is 17.8. The van der Waals surface area contributed by atoms with Crippen LogP contribution in [-0.4, -0.2) is 87.3 Å². The molecule has 176 valence electrons. The van der Waals surface area contributed by atoms with Gasteiger partial charge < -0.3 is 36.6 Å². The summed E-state index contributed by atoms with van der Waals surface area (Å²) in [6.07, 6.45) is -0.162. The number of carbonyl (C=O) groups is 4. The minimum absolute atomic E-state index is 0.136. The topological polar surface area (TPSA) is 182 Å². The SMILES string of the molecule is CC(O)C(N)C(=O)NC(Cc1ccccc1)C(=O)N1CCCC1C(=O)NC(CO)C(=O)O. The summed E-state index contributed by atoms with van der Waals surface area (Å²) < 4.78 is 0. The third-order valence-electron chi connectivity index (χ3n) is 5.36. The van der Waals surface area contributed by atoms with Crippen molar-refractivity contribution in [1.82, 2.24) is 15.5 Å². The van der Waals surface area contributed by atoms with Crippen molar-refractivity contribution in [2.45, 2.75) is 56.5 Å². The fourth-order valence-electron chi connectivity index (χ4n) is 3.49. The summed E-state index contributed by atoms with van der Waals surface area (Å²) in [4.78, 5) is 50.8. The fraction of sp³-hybridized carbons (Fsp3) is 0.524. The van der Waals surface area contributed by atoms with Crippen LogP contribution in [-0.2, 0) is 25.6 Å². The van der Waals surface area contributed by atoms with Gasteiger partial charge in [-0.1, -0.05) is 30.3 Å². The molecule has 0 radical (unpaired) electrons. The predicted octanol–water partition coefficient (Wildman–Crippen LogP) is -2.03. The van der Waals surface area contributed by atoms with Crippen molar-refractivity contribution in [2.75, 3.05) is 13.2 Å². The van der Waals surface area contributed by atoms with E-state index in [1.165, 1.54) is 11.8 Å². The van der Waals surface area contributed by atoms with Crippen molar-refractivity contribution in [1.29, 1.82) is 0 Å². The number of carboxylic acid groups (broad SMARTS) is 1. The van der Waals surface area contributed by atoms with Gasteiger partial charge in [0.2, 0.25) is 17.7 Å². The first-order chi connectivity index (χ1) is 15.1. The minimum atomic E-state index is -1.48. The van der Waals surface area contributed by atoms with E-state index < -0.39 is 60.6 Å². The predicted molar refractivity (Wildman–Crippen MR) is 113 cm³/mol. The molecule has 7 N–H and O–H groups in total. The smallest absolute Gasteiger partial charge is 0.328 e. The monoisotopic (exact) mass is 450 g/mol. The zero-order valence-corrected chi connectivity index (χ0v) is 17.8. The lowest BCUT2D eigenvalue weighted by Crippen LogP contribution is -2.58. The van der Waals surface area contributed by atoms with Crippen LogP contribution in [0, 0.1) is 0 Å². The third kappa shape index (κ3) is 6.49. The van der Waals surface area contributed by atoms with Gasteiger partial charge in [0.15, 0.2) is 0 Å². The van der Waals surface area contributed by atoms with Crippen LogP contribution in [0.25, 0.3) is 0 Å². The number of likely N-dealkylation sites (tertiary alicyclic amines) is 1. The number of amides is 3. The Labute approximate surface area is 185 Å². The van der Waals surface area contributed by atoms with E-state index in [-0.39, 0.29) is 13.0 Å². The molecule has 3 amide bonds. The molecule has 1 aromatic carbocycles. The van der Waals surface area contributed by atoms with Crippen molar-refractivity contribution >= 4 is 23.7 Å². The van der Waals surface area contributed by atoms with Crippen LogP contribution in [0.4, 0.5) is 0 Å². The molecule has 1 aliphatic rings. The van der Waals surface area contributed by atoms with E-state index in [0.29, 0.717) is 12.8 Å². The van der Waals surface area contributed by atoms with Gasteiger partial charge in [-0.15, -0.1) is 0 Å². The van der Waals surface area contributed by atoms with Gasteiger partial charge in [0.05, 0.1) is 12.7 Å². The highest BCUT2D eigenvalue weighted by molar-refractivity contribution is 5.94. The van der Waals surface area contributed by atoms with E-state index in [4.69, 9.17) is 15.9 Å². The molecule has 11 heteroatoms.